The zero-order chi connectivity index (χ0) is 14.3. The summed E-state index contributed by atoms with van der Waals surface area (Å²) in [4.78, 5) is 0.941. The van der Waals surface area contributed by atoms with Gasteiger partial charge in [-0.3, -0.25) is 0 Å². The fourth-order valence-corrected chi connectivity index (χ4v) is 8.71. The van der Waals surface area contributed by atoms with Crippen LogP contribution in [0.4, 0.5) is 0 Å². The van der Waals surface area contributed by atoms with E-state index in [1.807, 2.05) is 19.9 Å². The molecule has 0 aromatic heterocycles. The molecule has 0 aliphatic carbocycles. The number of hydrogen-bond donors (Lipinski definition) is 0. The first-order chi connectivity index (χ1) is 9.00. The summed E-state index contributed by atoms with van der Waals surface area (Å²) in [6.45, 7) is 4.96. The average Bonchev–Trinajstić information content (AvgIpc) is 2.34. The summed E-state index contributed by atoms with van der Waals surface area (Å²) in [6, 6.07) is 5.41. The molecule has 0 bridgehead atoms. The maximum atomic E-state index is 6.10. The van der Waals surface area contributed by atoms with Crippen molar-refractivity contribution in [3.8, 4) is 0 Å². The topological polar surface area (TPSA) is 48.5 Å². The predicted molar refractivity (Wildman–Crippen MR) is 94.2 cm³/mol. The van der Waals surface area contributed by atoms with Crippen LogP contribution in [-0.4, -0.2) is 23.8 Å². The minimum atomic E-state index is -2.23. The molecule has 3 nitrogen and oxygen atoms in total. The Morgan fingerprint density at radius 1 is 1.19 bits per heavy atom. The van der Waals surface area contributed by atoms with Gasteiger partial charge in [-0.15, -0.1) is 11.8 Å². The predicted octanol–water partition coefficient (Wildman–Crippen LogP) is 2.90. The number of rotatable bonds is 8. The van der Waals surface area contributed by atoms with E-state index in [2.05, 4.69) is 0 Å². The van der Waals surface area contributed by atoms with E-state index in [0.717, 1.165) is 9.98 Å². The van der Waals surface area contributed by atoms with Crippen molar-refractivity contribution in [2.45, 2.75) is 18.7 Å². The van der Waals surface area contributed by atoms with Crippen LogP contribution in [0.1, 0.15) is 13.8 Å². The van der Waals surface area contributed by atoms with E-state index in [1.165, 1.54) is 11.4 Å². The number of benzene rings is 1. The molecule has 1 aromatic carbocycles. The molecule has 0 spiro atoms. The molecule has 1 rings (SSSR count). The van der Waals surface area contributed by atoms with E-state index in [9.17, 15) is 0 Å². The molecule has 1 N–H and O–H groups in total. The van der Waals surface area contributed by atoms with E-state index in [0.29, 0.717) is 23.3 Å². The van der Waals surface area contributed by atoms with Crippen molar-refractivity contribution in [1.82, 2.24) is 0 Å². The molecule has 0 atom stereocenters. The number of thioether (sulfide) groups is 1. The van der Waals surface area contributed by atoms with Gasteiger partial charge in [-0.05, 0) is 43.9 Å². The van der Waals surface area contributed by atoms with Gasteiger partial charge in [0.2, 0.25) is 5.69 Å². The zero-order valence-electron chi connectivity index (χ0n) is 12.0. The quantitative estimate of drug-likeness (QED) is 0.272. The van der Waals surface area contributed by atoms with Gasteiger partial charge in [0.05, 0.1) is 23.3 Å². The molecule has 0 amide bonds. The molecule has 0 aliphatic heterocycles. The number of hydrogen-bond acceptors (Lipinski definition) is 6. The first-order valence-electron chi connectivity index (χ1n) is 5.62. The van der Waals surface area contributed by atoms with Crippen LogP contribution in [0.25, 0.3) is 0 Å². The van der Waals surface area contributed by atoms with Gasteiger partial charge in [0, 0.05) is 9.92 Å². The van der Waals surface area contributed by atoms with Crippen LogP contribution >= 0.6 is 52.0 Å². The van der Waals surface area contributed by atoms with Crippen LogP contribution in [0, 0.1) is 0 Å². The van der Waals surface area contributed by atoms with Crippen molar-refractivity contribution in [2.75, 3.05) is 18.3 Å². The van der Waals surface area contributed by atoms with Gasteiger partial charge in [-0.25, -0.2) is 0 Å². The van der Waals surface area contributed by atoms with Gasteiger partial charge in [0.1, 0.15) is 0 Å². The van der Waals surface area contributed by atoms with Crippen LogP contribution < -0.4 is 51.4 Å². The van der Waals surface area contributed by atoms with Gasteiger partial charge < -0.3 is 14.5 Å². The average molecular weight is 433 g/mol. The summed E-state index contributed by atoms with van der Waals surface area (Å²) in [6.07, 6.45) is 0. The standard InChI is InChI=1S/C11H15Cl2O2PS3.K.H2O/c1-3-14-16(17,15-4-2)19-8-18-11-7-9(12)5-6-10(11)13;;/h5-7H,3-4,8H2,1-2H3;;1H2/q;+1;/p-1. The maximum absolute atomic E-state index is 6.10. The first kappa shape index (κ1) is 25.9. The second kappa shape index (κ2) is 13.9. The molecule has 0 saturated heterocycles. The summed E-state index contributed by atoms with van der Waals surface area (Å²) in [5.41, 5.74) is -2.23. The van der Waals surface area contributed by atoms with Gasteiger partial charge in [-0.1, -0.05) is 34.6 Å². The fraction of sp³-hybridized carbons (Fsp3) is 0.455. The molecule has 0 saturated carbocycles. The molecule has 1 aromatic rings. The van der Waals surface area contributed by atoms with E-state index in [1.54, 1.807) is 23.9 Å². The SMILES string of the molecule is CCOP(=S)(OCC)SCSc1cc(Cl)ccc1Cl.[K+].[OH-]. The van der Waals surface area contributed by atoms with Crippen molar-refractivity contribution in [3.63, 3.8) is 0 Å². The van der Waals surface area contributed by atoms with Crippen LogP contribution in [0.15, 0.2) is 23.1 Å². The summed E-state index contributed by atoms with van der Waals surface area (Å²) in [5.74, 6) is 0. The Balaban J connectivity index is 0. The molecule has 21 heavy (non-hydrogen) atoms. The third-order valence-electron chi connectivity index (χ3n) is 1.89. The molecule has 0 fully saturated rings. The molecule has 0 radical (unpaired) electrons. The Hall–Kier alpha value is 2.67. The van der Waals surface area contributed by atoms with Gasteiger partial charge >= 0.3 is 51.4 Å². The van der Waals surface area contributed by atoms with E-state index < -0.39 is 5.69 Å². The molecule has 0 heterocycles. The van der Waals surface area contributed by atoms with Crippen molar-refractivity contribution in [1.29, 1.82) is 0 Å². The van der Waals surface area contributed by atoms with Gasteiger partial charge in [0.25, 0.3) is 0 Å². The second-order valence-corrected chi connectivity index (χ2v) is 11.8. The minimum absolute atomic E-state index is 0. The smallest absolute Gasteiger partial charge is 0.870 e. The Morgan fingerprint density at radius 3 is 2.29 bits per heavy atom. The first-order valence-corrected chi connectivity index (χ1v) is 11.6. The third kappa shape index (κ3) is 10.3. The van der Waals surface area contributed by atoms with E-state index in [4.69, 9.17) is 44.1 Å². The van der Waals surface area contributed by atoms with E-state index >= 15 is 0 Å². The van der Waals surface area contributed by atoms with Crippen molar-refractivity contribution < 1.29 is 65.9 Å². The molecule has 116 valence electrons. The minimum Gasteiger partial charge on any atom is -0.870 e. The summed E-state index contributed by atoms with van der Waals surface area (Å²) < 4.78 is 11.1. The molecular formula is C11H16Cl2KO3PS3. The Labute approximate surface area is 192 Å². The monoisotopic (exact) mass is 432 g/mol. The normalized spacial score (nSPS) is 10.7. The van der Waals surface area contributed by atoms with Crippen molar-refractivity contribution in [3.05, 3.63) is 28.2 Å². The van der Waals surface area contributed by atoms with Crippen LogP contribution in [0.5, 0.6) is 0 Å². The summed E-state index contributed by atoms with van der Waals surface area (Å²) in [5, 5.41) is 2.08. The molecular weight excluding hydrogens is 417 g/mol. The Kier molecular flexibility index (Phi) is 17.1. The molecule has 0 unspecified atom stereocenters. The Bertz CT molecular complexity index is 458. The third-order valence-corrected chi connectivity index (χ3v) is 9.69. The van der Waals surface area contributed by atoms with E-state index in [-0.39, 0.29) is 56.9 Å². The van der Waals surface area contributed by atoms with Crippen molar-refractivity contribution in [2.24, 2.45) is 0 Å². The van der Waals surface area contributed by atoms with Gasteiger partial charge in [0.15, 0.2) is 0 Å². The Morgan fingerprint density at radius 2 is 1.76 bits per heavy atom. The number of halogens is 2. The van der Waals surface area contributed by atoms with Crippen molar-refractivity contribution >= 4 is 63.8 Å². The van der Waals surface area contributed by atoms with Crippen LogP contribution in [0.3, 0.4) is 0 Å². The van der Waals surface area contributed by atoms with Gasteiger partial charge in [-0.2, -0.15) is 0 Å². The molecule has 10 heteroatoms. The largest absolute Gasteiger partial charge is 1.00 e. The van der Waals surface area contributed by atoms with Crippen LogP contribution in [-0.2, 0) is 20.9 Å². The summed E-state index contributed by atoms with van der Waals surface area (Å²) in [7, 11) is 0. The van der Waals surface area contributed by atoms with Crippen LogP contribution in [0.2, 0.25) is 10.0 Å². The maximum Gasteiger partial charge on any atom is 1.00 e. The zero-order valence-corrected chi connectivity index (χ0v) is 20.0. The summed E-state index contributed by atoms with van der Waals surface area (Å²) >= 11 is 20.6. The fourth-order valence-electron chi connectivity index (χ4n) is 1.17. The molecule has 0 aliphatic rings. The second-order valence-electron chi connectivity index (χ2n) is 3.25.